The van der Waals surface area contributed by atoms with Crippen LogP contribution in [0.2, 0.25) is 0 Å². The van der Waals surface area contributed by atoms with Gasteiger partial charge in [0.1, 0.15) is 0 Å². The Bertz CT molecular complexity index is 1260. The van der Waals surface area contributed by atoms with Crippen molar-refractivity contribution in [2.45, 2.75) is 69.2 Å². The second kappa shape index (κ2) is 22.0. The van der Waals surface area contributed by atoms with Gasteiger partial charge in [-0.1, -0.05) is 99.5 Å². The van der Waals surface area contributed by atoms with E-state index in [1.165, 1.54) is 56.7 Å². The van der Waals surface area contributed by atoms with Crippen LogP contribution in [0, 0.1) is 48.2 Å². The summed E-state index contributed by atoms with van der Waals surface area (Å²) in [5.41, 5.74) is 12.7. The van der Waals surface area contributed by atoms with Gasteiger partial charge in [-0.15, -0.1) is 0 Å². The van der Waals surface area contributed by atoms with E-state index in [4.69, 9.17) is 19.4 Å². The smallest absolute Gasteiger partial charge is 0.0146 e. The van der Waals surface area contributed by atoms with Crippen LogP contribution >= 0.6 is 19.4 Å². The zero-order chi connectivity index (χ0) is 33.9. The Labute approximate surface area is 286 Å². The second-order valence-corrected chi connectivity index (χ2v) is 15.6. The van der Waals surface area contributed by atoms with E-state index in [1.807, 2.05) is 64.2 Å². The fraction of sp³-hybridized carbons (Fsp3) is 0.351. The first-order valence-electron chi connectivity index (χ1n) is 15.3. The number of anilines is 2. The van der Waals surface area contributed by atoms with Crippen molar-refractivity contribution in [2.75, 3.05) is 30.0 Å². The van der Waals surface area contributed by atoms with Crippen molar-refractivity contribution in [3.63, 3.8) is 0 Å². The Morgan fingerprint density at radius 1 is 0.667 bits per heavy atom. The molecule has 0 aromatic heterocycles. The fourth-order valence-corrected chi connectivity index (χ4v) is 6.24. The van der Waals surface area contributed by atoms with Gasteiger partial charge in [0.15, 0.2) is 0 Å². The van der Waals surface area contributed by atoms with E-state index in [2.05, 4.69) is 97.6 Å². The second-order valence-electron chi connectivity index (χ2n) is 9.95. The van der Waals surface area contributed by atoms with E-state index >= 15 is 0 Å². The quantitative estimate of drug-likeness (QED) is 0.233. The molecule has 0 amide bonds. The number of aryl methyl sites for hydroxylation is 6. The number of benzene rings is 2. The van der Waals surface area contributed by atoms with E-state index in [1.54, 1.807) is 12.4 Å². The first kappa shape index (κ1) is 40.4. The minimum atomic E-state index is -1.61. The van der Waals surface area contributed by atoms with Crippen LogP contribution < -0.4 is 9.80 Å². The summed E-state index contributed by atoms with van der Waals surface area (Å²) in [5, 5.41) is 8.37. The normalized spacial score (nSPS) is 16.0. The molecular formula is C37H51Cl2N4ORu-3. The maximum atomic E-state index is 5.31. The first-order valence-corrected chi connectivity index (χ1v) is 20.8. The molecule has 0 spiro atoms. The average molecular weight is 740 g/mol. The van der Waals surface area contributed by atoms with E-state index in [-0.39, 0.29) is 0 Å². The summed E-state index contributed by atoms with van der Waals surface area (Å²) < 4.78 is 4.48. The molecule has 2 aromatic rings. The SMILES string of the molecule is C1=C[N-]C(=C2C=CC=C[N-]2)C=C1.CC.CC.CO[CH]=[Ru]([Cl])[Cl].Cc1cc(C)c(N2[CH-]N(c3c(C)cc(C)cc3C)CC2)c(C)c1. The molecule has 0 saturated carbocycles. The van der Waals surface area contributed by atoms with Crippen LogP contribution in [-0.2, 0) is 18.3 Å². The molecule has 250 valence electrons. The fourth-order valence-electron chi connectivity index (χ4n) is 5.18. The van der Waals surface area contributed by atoms with E-state index in [0.717, 1.165) is 24.5 Å². The Hall–Kier alpha value is -2.63. The molecule has 3 heterocycles. The number of ether oxygens (including phenoxy) is 1. The number of methoxy groups -OCH3 is 1. The van der Waals surface area contributed by atoms with Crippen molar-refractivity contribution in [1.29, 1.82) is 0 Å². The molecule has 5 nitrogen and oxygen atoms in total. The van der Waals surface area contributed by atoms with Crippen molar-refractivity contribution >= 4 is 35.6 Å². The number of rotatable bonds is 3. The third-order valence-corrected chi connectivity index (χ3v) is 7.91. The maximum absolute atomic E-state index is 5.31. The minimum Gasteiger partial charge on any atom is -0.502 e. The third-order valence-electron chi connectivity index (χ3n) is 6.44. The van der Waals surface area contributed by atoms with Crippen LogP contribution in [-0.4, -0.2) is 25.0 Å². The molecule has 0 N–H and O–H groups in total. The summed E-state index contributed by atoms with van der Waals surface area (Å²) >= 11 is -1.61. The van der Waals surface area contributed by atoms with Gasteiger partial charge < -0.3 is 20.4 Å². The predicted molar refractivity (Wildman–Crippen MR) is 198 cm³/mol. The molecule has 3 aliphatic heterocycles. The Morgan fingerprint density at radius 3 is 1.27 bits per heavy atom. The van der Waals surface area contributed by atoms with Gasteiger partial charge in [0.05, 0.1) is 0 Å². The monoisotopic (exact) mass is 739 g/mol. The average Bonchev–Trinajstić information content (AvgIpc) is 3.48. The molecule has 0 unspecified atom stereocenters. The van der Waals surface area contributed by atoms with E-state index < -0.39 is 13.5 Å². The van der Waals surface area contributed by atoms with Crippen molar-refractivity contribution < 1.29 is 18.3 Å². The van der Waals surface area contributed by atoms with E-state index in [0.29, 0.717) is 0 Å². The van der Waals surface area contributed by atoms with Gasteiger partial charge in [0.25, 0.3) is 0 Å². The molecule has 1 fully saturated rings. The van der Waals surface area contributed by atoms with Crippen LogP contribution in [0.5, 0.6) is 0 Å². The molecular weight excluding hydrogens is 688 g/mol. The molecule has 5 rings (SSSR count). The van der Waals surface area contributed by atoms with Gasteiger partial charge in [-0.25, -0.2) is 0 Å². The Balaban J connectivity index is 0.000000384. The molecule has 0 bridgehead atoms. The Morgan fingerprint density at radius 2 is 1.02 bits per heavy atom. The molecule has 0 atom stereocenters. The molecule has 1 saturated heterocycles. The molecule has 45 heavy (non-hydrogen) atoms. The summed E-state index contributed by atoms with van der Waals surface area (Å²) in [6, 6.07) is 9.12. The molecule has 2 aromatic carbocycles. The van der Waals surface area contributed by atoms with Crippen LogP contribution in [0.25, 0.3) is 10.6 Å². The standard InChI is InChI=1S/C21H27N2.C10H8N2.C2H4O.2C2H6.2ClH.Ru/c1-14-9-16(3)20(17(4)10-14)22-7-8-23(13-22)21-18(5)11-15(2)12-19(21)6;1-3-7-11-9(5-1)10-6-2-4-8-12-10;1-3-2;2*1-2;;;/h9-13H,7-8H2,1-6H3;1-8H;1H,2H3;2*1-2H3;2*1H;/q-1;-2;;;;;;+2/p-2. The van der Waals surface area contributed by atoms with Gasteiger partial charge in [0, 0.05) is 24.5 Å². The zero-order valence-corrected chi connectivity index (χ0v) is 32.1. The third kappa shape index (κ3) is 13.3. The van der Waals surface area contributed by atoms with Gasteiger partial charge in [-0.3, -0.25) is 0 Å². The van der Waals surface area contributed by atoms with Crippen molar-refractivity contribution in [3.8, 4) is 0 Å². The zero-order valence-electron chi connectivity index (χ0n) is 28.8. The van der Waals surface area contributed by atoms with Crippen LogP contribution in [0.1, 0.15) is 61.1 Å². The number of nitrogens with zero attached hydrogens (tertiary/aromatic N) is 4. The number of halogens is 2. The summed E-state index contributed by atoms with van der Waals surface area (Å²) in [6.45, 7) is 25.6. The Kier molecular flexibility index (Phi) is 19.7. The topological polar surface area (TPSA) is 43.9 Å². The summed E-state index contributed by atoms with van der Waals surface area (Å²) in [4.78, 5) is 6.28. The molecule has 8 heteroatoms. The maximum Gasteiger partial charge on any atom is 0.0146 e. The summed E-state index contributed by atoms with van der Waals surface area (Å²) in [6.07, 6.45) is 15.1. The van der Waals surface area contributed by atoms with Crippen molar-refractivity contribution in [3.05, 3.63) is 135 Å². The van der Waals surface area contributed by atoms with Gasteiger partial charge in [-0.2, -0.15) is 30.5 Å². The van der Waals surface area contributed by atoms with Crippen LogP contribution in [0.15, 0.2) is 84.5 Å². The van der Waals surface area contributed by atoms with Gasteiger partial charge >= 0.3 is 49.5 Å². The predicted octanol–water partition coefficient (Wildman–Crippen LogP) is 11.5. The van der Waals surface area contributed by atoms with E-state index in [9.17, 15) is 0 Å². The van der Waals surface area contributed by atoms with Gasteiger partial charge in [-0.05, 0) is 63.8 Å². The van der Waals surface area contributed by atoms with Gasteiger partial charge in [0.2, 0.25) is 0 Å². The molecule has 0 aliphatic carbocycles. The molecule has 3 aliphatic rings. The summed E-state index contributed by atoms with van der Waals surface area (Å²) in [5.74, 6) is 0. The minimum absolute atomic E-state index is 0.915. The largest absolute Gasteiger partial charge is 0.502 e. The number of hydrogen-bond acceptors (Lipinski definition) is 3. The van der Waals surface area contributed by atoms with Crippen molar-refractivity contribution in [2.24, 2.45) is 0 Å². The van der Waals surface area contributed by atoms with Crippen LogP contribution in [0.4, 0.5) is 11.4 Å². The number of hydrogen-bond donors (Lipinski definition) is 0. The first-order chi connectivity index (χ1) is 21.6. The summed E-state index contributed by atoms with van der Waals surface area (Å²) in [7, 11) is 12.1. The van der Waals surface area contributed by atoms with Crippen molar-refractivity contribution in [1.82, 2.24) is 0 Å². The van der Waals surface area contributed by atoms with Crippen LogP contribution in [0.3, 0.4) is 0 Å². The molecule has 0 radical (unpaired) electrons. The number of allylic oxidation sites excluding steroid dienone is 6.